The molecule has 0 saturated carbocycles. The summed E-state index contributed by atoms with van der Waals surface area (Å²) in [7, 11) is 1.73. The third kappa shape index (κ3) is 3.25. The van der Waals surface area contributed by atoms with Crippen LogP contribution in [0.1, 0.15) is 35.9 Å². The smallest absolute Gasteiger partial charge is 0.267 e. The van der Waals surface area contributed by atoms with Crippen molar-refractivity contribution in [3.63, 3.8) is 0 Å². The molecule has 0 aromatic carbocycles. The van der Waals surface area contributed by atoms with E-state index in [1.165, 1.54) is 11.3 Å². The Morgan fingerprint density at radius 3 is 3.22 bits per heavy atom. The normalized spacial score (nSPS) is 27.6. The minimum atomic E-state index is -0.0655. The zero-order chi connectivity index (χ0) is 16.3. The summed E-state index contributed by atoms with van der Waals surface area (Å²) in [5.41, 5.74) is -0.0655. The Labute approximate surface area is 141 Å². The van der Waals surface area contributed by atoms with Gasteiger partial charge in [0.05, 0.1) is 19.3 Å². The first-order valence-electron chi connectivity index (χ1n) is 8.30. The summed E-state index contributed by atoms with van der Waals surface area (Å²) in [4.78, 5) is 15.6. The number of nitrogens with zero attached hydrogens (tertiary/aromatic N) is 1. The van der Waals surface area contributed by atoms with E-state index in [9.17, 15) is 4.79 Å². The van der Waals surface area contributed by atoms with E-state index in [-0.39, 0.29) is 17.4 Å². The average molecular weight is 339 g/mol. The molecule has 0 N–H and O–H groups in total. The van der Waals surface area contributed by atoms with E-state index in [4.69, 9.17) is 14.2 Å². The standard InChI is InChI=1S/C17H25NO4S/c1-3-21-13-6-10-23-15(13)16(19)18-8-5-14-17(11-18,12-20-2)7-4-9-22-14/h6,10,14H,3-5,7-9,11-12H2,1-2H3/t14-,17+/m1/s1. The number of ether oxygens (including phenoxy) is 3. The maximum absolute atomic E-state index is 13.0. The molecule has 2 saturated heterocycles. The van der Waals surface area contributed by atoms with E-state index in [1.807, 2.05) is 23.3 Å². The highest BCUT2D eigenvalue weighted by Crippen LogP contribution is 2.41. The fraction of sp³-hybridized carbons (Fsp3) is 0.706. The average Bonchev–Trinajstić information content (AvgIpc) is 3.02. The lowest BCUT2D eigenvalue weighted by molar-refractivity contribution is -0.142. The number of hydrogen-bond acceptors (Lipinski definition) is 5. The van der Waals surface area contributed by atoms with E-state index < -0.39 is 0 Å². The minimum absolute atomic E-state index is 0.0655. The number of carbonyl (C=O) groups excluding carboxylic acids is 1. The van der Waals surface area contributed by atoms with Crippen molar-refractivity contribution in [2.24, 2.45) is 5.41 Å². The molecule has 3 heterocycles. The predicted octanol–water partition coefficient (Wildman–Crippen LogP) is 2.80. The van der Waals surface area contributed by atoms with Gasteiger partial charge < -0.3 is 19.1 Å². The summed E-state index contributed by atoms with van der Waals surface area (Å²) < 4.78 is 17.0. The molecule has 2 aliphatic rings. The van der Waals surface area contributed by atoms with E-state index in [2.05, 4.69) is 0 Å². The Bertz CT molecular complexity index is 542. The van der Waals surface area contributed by atoms with Crippen LogP contribution in [-0.2, 0) is 9.47 Å². The summed E-state index contributed by atoms with van der Waals surface area (Å²) in [6.45, 7) is 5.41. The van der Waals surface area contributed by atoms with Crippen molar-refractivity contribution in [3.05, 3.63) is 16.3 Å². The summed E-state index contributed by atoms with van der Waals surface area (Å²) in [5, 5.41) is 1.92. The second-order valence-electron chi connectivity index (χ2n) is 6.32. The van der Waals surface area contributed by atoms with Crippen LogP contribution in [0.2, 0.25) is 0 Å². The second kappa shape index (κ2) is 7.20. The maximum Gasteiger partial charge on any atom is 0.267 e. The van der Waals surface area contributed by atoms with Crippen LogP contribution in [0.15, 0.2) is 11.4 Å². The van der Waals surface area contributed by atoms with E-state index in [0.717, 1.165) is 32.4 Å². The highest BCUT2D eigenvalue weighted by atomic mass is 32.1. The van der Waals surface area contributed by atoms with Crippen LogP contribution in [0.3, 0.4) is 0 Å². The number of thiophene rings is 1. The van der Waals surface area contributed by atoms with Crippen LogP contribution in [-0.4, -0.2) is 56.9 Å². The lowest BCUT2D eigenvalue weighted by atomic mass is 9.73. The van der Waals surface area contributed by atoms with Gasteiger partial charge in [0.25, 0.3) is 5.91 Å². The van der Waals surface area contributed by atoms with Crippen molar-refractivity contribution in [3.8, 4) is 5.75 Å². The molecule has 1 aromatic heterocycles. The zero-order valence-corrected chi connectivity index (χ0v) is 14.7. The van der Waals surface area contributed by atoms with Crippen LogP contribution in [0.5, 0.6) is 5.75 Å². The molecular weight excluding hydrogens is 314 g/mol. The van der Waals surface area contributed by atoms with Gasteiger partial charge in [0, 0.05) is 32.2 Å². The Morgan fingerprint density at radius 2 is 2.43 bits per heavy atom. The molecule has 3 rings (SSSR count). The Balaban J connectivity index is 1.78. The molecule has 6 heteroatoms. The van der Waals surface area contributed by atoms with Crippen molar-refractivity contribution in [2.45, 2.75) is 32.3 Å². The van der Waals surface area contributed by atoms with E-state index in [1.54, 1.807) is 7.11 Å². The van der Waals surface area contributed by atoms with Gasteiger partial charge in [-0.25, -0.2) is 0 Å². The topological polar surface area (TPSA) is 48.0 Å². The summed E-state index contributed by atoms with van der Waals surface area (Å²) in [6.07, 6.45) is 3.17. The van der Waals surface area contributed by atoms with E-state index >= 15 is 0 Å². The number of likely N-dealkylation sites (tertiary alicyclic amines) is 1. The fourth-order valence-electron chi connectivity index (χ4n) is 3.83. The molecule has 1 aromatic rings. The highest BCUT2D eigenvalue weighted by molar-refractivity contribution is 7.12. The van der Waals surface area contributed by atoms with Crippen molar-refractivity contribution >= 4 is 17.2 Å². The molecule has 0 radical (unpaired) electrons. The molecule has 0 spiro atoms. The Kier molecular flexibility index (Phi) is 5.24. The minimum Gasteiger partial charge on any atom is -0.492 e. The maximum atomic E-state index is 13.0. The van der Waals surface area contributed by atoms with Gasteiger partial charge >= 0.3 is 0 Å². The van der Waals surface area contributed by atoms with Gasteiger partial charge in [0.1, 0.15) is 10.6 Å². The van der Waals surface area contributed by atoms with Gasteiger partial charge in [-0.15, -0.1) is 11.3 Å². The molecule has 0 unspecified atom stereocenters. The third-order valence-electron chi connectivity index (χ3n) is 4.83. The van der Waals surface area contributed by atoms with Crippen molar-refractivity contribution in [1.82, 2.24) is 4.90 Å². The zero-order valence-electron chi connectivity index (χ0n) is 13.9. The van der Waals surface area contributed by atoms with Crippen LogP contribution < -0.4 is 4.74 Å². The lowest BCUT2D eigenvalue weighted by Crippen LogP contribution is -2.57. The number of hydrogen-bond donors (Lipinski definition) is 0. The first kappa shape index (κ1) is 16.7. The first-order chi connectivity index (χ1) is 11.2. The van der Waals surface area contributed by atoms with Crippen LogP contribution in [0.4, 0.5) is 0 Å². The molecule has 5 nitrogen and oxygen atoms in total. The number of rotatable bonds is 5. The molecule has 0 bridgehead atoms. The molecule has 23 heavy (non-hydrogen) atoms. The molecule has 1 amide bonds. The van der Waals surface area contributed by atoms with Gasteiger partial charge in [-0.05, 0) is 37.6 Å². The van der Waals surface area contributed by atoms with E-state index in [0.29, 0.717) is 30.4 Å². The number of amides is 1. The predicted molar refractivity (Wildman–Crippen MR) is 89.3 cm³/mol. The van der Waals surface area contributed by atoms with Crippen LogP contribution in [0, 0.1) is 5.41 Å². The van der Waals surface area contributed by atoms with Crippen molar-refractivity contribution < 1.29 is 19.0 Å². The number of methoxy groups -OCH3 is 1. The van der Waals surface area contributed by atoms with Crippen LogP contribution >= 0.6 is 11.3 Å². The van der Waals surface area contributed by atoms with Crippen LogP contribution in [0.25, 0.3) is 0 Å². The Hall–Kier alpha value is -1.11. The second-order valence-corrected chi connectivity index (χ2v) is 7.24. The SMILES string of the molecule is CCOc1ccsc1C(=O)N1CC[C@H]2OCCC[C@@]2(COC)C1. The lowest BCUT2D eigenvalue weighted by Gasteiger charge is -2.50. The fourth-order valence-corrected chi connectivity index (χ4v) is 4.63. The van der Waals surface area contributed by atoms with Gasteiger partial charge in [0.15, 0.2) is 0 Å². The molecular formula is C17H25NO4S. The summed E-state index contributed by atoms with van der Waals surface area (Å²) in [5.74, 6) is 0.772. The molecule has 0 aliphatic carbocycles. The van der Waals surface area contributed by atoms with Gasteiger partial charge in [-0.1, -0.05) is 0 Å². The van der Waals surface area contributed by atoms with Gasteiger partial charge in [-0.2, -0.15) is 0 Å². The van der Waals surface area contributed by atoms with Gasteiger partial charge in [0.2, 0.25) is 0 Å². The largest absolute Gasteiger partial charge is 0.492 e. The van der Waals surface area contributed by atoms with Crippen molar-refractivity contribution in [2.75, 3.05) is 40.0 Å². The molecule has 2 atom stereocenters. The summed E-state index contributed by atoms with van der Waals surface area (Å²) >= 11 is 1.45. The quantitative estimate of drug-likeness (QED) is 0.828. The molecule has 128 valence electrons. The first-order valence-corrected chi connectivity index (χ1v) is 9.18. The van der Waals surface area contributed by atoms with Crippen molar-refractivity contribution in [1.29, 1.82) is 0 Å². The monoisotopic (exact) mass is 339 g/mol. The number of fused-ring (bicyclic) bond motifs is 1. The number of carbonyl (C=O) groups is 1. The number of piperidine rings is 1. The summed E-state index contributed by atoms with van der Waals surface area (Å²) in [6, 6.07) is 1.88. The Morgan fingerprint density at radius 1 is 1.57 bits per heavy atom. The molecule has 2 aliphatic heterocycles. The highest BCUT2D eigenvalue weighted by Gasteiger charge is 2.47. The molecule has 2 fully saturated rings. The third-order valence-corrected chi connectivity index (χ3v) is 5.71. The van der Waals surface area contributed by atoms with Gasteiger partial charge in [-0.3, -0.25) is 4.79 Å².